The maximum absolute atomic E-state index is 10.2. The Bertz CT molecular complexity index is 1380. The van der Waals surface area contributed by atoms with Crippen molar-refractivity contribution in [3.8, 4) is 40.0 Å². The molecule has 0 radical (unpaired) electrons. The molecule has 0 unspecified atom stereocenters. The molecule has 0 bridgehead atoms. The van der Waals surface area contributed by atoms with E-state index in [1.165, 1.54) is 29.7 Å². The molecule has 9 nitrogen and oxygen atoms in total. The first-order chi connectivity index (χ1) is 16.0. The molecule has 0 amide bonds. The molecule has 0 aliphatic carbocycles. The maximum atomic E-state index is 10.2. The minimum absolute atomic E-state index is 0.212. The van der Waals surface area contributed by atoms with E-state index >= 15 is 0 Å². The van der Waals surface area contributed by atoms with Crippen molar-refractivity contribution in [1.29, 1.82) is 0 Å². The van der Waals surface area contributed by atoms with Crippen LogP contribution < -0.4 is 14.3 Å². The Labute approximate surface area is 192 Å². The highest BCUT2D eigenvalue weighted by Crippen LogP contribution is 2.37. The van der Waals surface area contributed by atoms with Gasteiger partial charge in [-0.15, -0.1) is 11.3 Å². The Hall–Kier alpha value is -4.31. The smallest absolute Gasteiger partial charge is 0.211 e. The van der Waals surface area contributed by atoms with Crippen molar-refractivity contribution in [2.24, 2.45) is 10.1 Å². The second kappa shape index (κ2) is 9.45. The highest BCUT2D eigenvalue weighted by molar-refractivity contribution is 7.07. The van der Waals surface area contributed by atoms with E-state index in [9.17, 15) is 15.3 Å². The molecule has 2 aromatic carbocycles. The molecule has 0 aliphatic rings. The highest BCUT2D eigenvalue weighted by Gasteiger charge is 2.15. The summed E-state index contributed by atoms with van der Waals surface area (Å²) in [5.74, 6) is -0.306. The SMILES string of the molecule is COc1ccc(-c2csc(=Nc3cccnc3)n2N=Cc2ccc(O)c(O)c2O)c(OC)c1. The van der Waals surface area contributed by atoms with E-state index in [2.05, 4.69) is 15.1 Å². The molecule has 0 fully saturated rings. The lowest BCUT2D eigenvalue weighted by atomic mass is 10.1. The average molecular weight is 465 g/mol. The molecule has 4 rings (SSSR count). The maximum Gasteiger partial charge on any atom is 0.211 e. The Morgan fingerprint density at radius 2 is 1.88 bits per heavy atom. The van der Waals surface area contributed by atoms with Gasteiger partial charge in [-0.05, 0) is 36.4 Å². The molecule has 0 saturated carbocycles. The summed E-state index contributed by atoms with van der Waals surface area (Å²) < 4.78 is 12.4. The summed E-state index contributed by atoms with van der Waals surface area (Å²) in [6.45, 7) is 0. The first kappa shape index (κ1) is 21.9. The van der Waals surface area contributed by atoms with Gasteiger partial charge in [-0.1, -0.05) is 0 Å². The monoisotopic (exact) mass is 464 g/mol. The van der Waals surface area contributed by atoms with Crippen molar-refractivity contribution in [2.45, 2.75) is 0 Å². The zero-order valence-electron chi connectivity index (χ0n) is 17.7. The number of thiazole rings is 1. The minimum Gasteiger partial charge on any atom is -0.504 e. The molecule has 168 valence electrons. The Morgan fingerprint density at radius 1 is 1.03 bits per heavy atom. The molecule has 0 atom stereocenters. The quantitative estimate of drug-likeness (QED) is 0.294. The van der Waals surface area contributed by atoms with E-state index in [0.717, 1.165) is 5.56 Å². The summed E-state index contributed by atoms with van der Waals surface area (Å²) in [4.78, 5) is 9.26. The van der Waals surface area contributed by atoms with Crippen molar-refractivity contribution in [2.75, 3.05) is 14.2 Å². The largest absolute Gasteiger partial charge is 0.504 e. The summed E-state index contributed by atoms with van der Waals surface area (Å²) in [6, 6.07) is 11.7. The van der Waals surface area contributed by atoms with Crippen molar-refractivity contribution in [3.63, 3.8) is 0 Å². The second-order valence-electron chi connectivity index (χ2n) is 6.72. The molecule has 0 spiro atoms. The Morgan fingerprint density at radius 3 is 2.61 bits per heavy atom. The number of rotatable bonds is 6. The molecule has 2 heterocycles. The summed E-state index contributed by atoms with van der Waals surface area (Å²) in [7, 11) is 3.14. The van der Waals surface area contributed by atoms with Crippen LogP contribution in [0.15, 0.2) is 70.3 Å². The van der Waals surface area contributed by atoms with Gasteiger partial charge in [0.25, 0.3) is 0 Å². The third-order valence-electron chi connectivity index (χ3n) is 4.71. The molecule has 3 N–H and O–H groups in total. The fourth-order valence-electron chi connectivity index (χ4n) is 3.02. The Kier molecular flexibility index (Phi) is 6.27. The van der Waals surface area contributed by atoms with Crippen LogP contribution in [0.5, 0.6) is 28.7 Å². The molecular formula is C23H20N4O5S. The van der Waals surface area contributed by atoms with E-state index in [1.54, 1.807) is 43.4 Å². The number of aromatic nitrogens is 2. The molecule has 4 aromatic rings. The number of aromatic hydroxyl groups is 3. The van der Waals surface area contributed by atoms with Gasteiger partial charge in [-0.3, -0.25) is 4.98 Å². The van der Waals surface area contributed by atoms with Crippen LogP contribution in [0.1, 0.15) is 5.56 Å². The lowest BCUT2D eigenvalue weighted by Gasteiger charge is -2.11. The van der Waals surface area contributed by atoms with E-state index in [0.29, 0.717) is 27.7 Å². The van der Waals surface area contributed by atoms with Gasteiger partial charge in [0.2, 0.25) is 10.6 Å². The van der Waals surface area contributed by atoms with Gasteiger partial charge in [-0.2, -0.15) is 5.10 Å². The van der Waals surface area contributed by atoms with Gasteiger partial charge in [0.05, 0.1) is 38.0 Å². The normalized spacial score (nSPS) is 11.8. The number of hydrogen-bond acceptors (Lipinski definition) is 9. The minimum atomic E-state index is -0.619. The second-order valence-corrected chi connectivity index (χ2v) is 7.56. The molecule has 0 saturated heterocycles. The standard InChI is InChI=1S/C23H20N4O5S/c1-31-16-6-7-17(20(10-16)32-2)18-13-33-23(26-15-4-3-9-24-12-15)27(18)25-11-14-5-8-19(28)22(30)21(14)29/h3-13,28-30H,1-2H3. The molecular weight excluding hydrogens is 444 g/mol. The van der Waals surface area contributed by atoms with Gasteiger partial charge in [0, 0.05) is 28.8 Å². The number of nitrogens with zero attached hydrogens (tertiary/aromatic N) is 4. The van der Waals surface area contributed by atoms with Gasteiger partial charge in [-0.25, -0.2) is 9.67 Å². The summed E-state index contributed by atoms with van der Waals surface area (Å²) in [5.41, 5.74) is 2.28. The predicted molar refractivity (Wildman–Crippen MR) is 125 cm³/mol. The number of ether oxygens (including phenoxy) is 2. The molecule has 33 heavy (non-hydrogen) atoms. The molecule has 10 heteroatoms. The summed E-state index contributed by atoms with van der Waals surface area (Å²) >= 11 is 1.36. The van der Waals surface area contributed by atoms with E-state index in [-0.39, 0.29) is 5.56 Å². The van der Waals surface area contributed by atoms with Crippen molar-refractivity contribution in [1.82, 2.24) is 9.66 Å². The summed E-state index contributed by atoms with van der Waals surface area (Å²) in [6.07, 6.45) is 4.65. The zero-order chi connectivity index (χ0) is 23.4. The lowest BCUT2D eigenvalue weighted by molar-refractivity contribution is 0.367. The van der Waals surface area contributed by atoms with Crippen LogP contribution in [0.25, 0.3) is 11.3 Å². The molecule has 0 aliphatic heterocycles. The predicted octanol–water partition coefficient (Wildman–Crippen LogP) is 3.86. The number of phenolic OH excluding ortho intramolecular Hbond substituents is 3. The van der Waals surface area contributed by atoms with E-state index in [1.807, 2.05) is 23.6 Å². The number of benzene rings is 2. The molecule has 2 aromatic heterocycles. The fraction of sp³-hybridized carbons (Fsp3) is 0.0870. The zero-order valence-corrected chi connectivity index (χ0v) is 18.5. The van der Waals surface area contributed by atoms with Crippen molar-refractivity contribution >= 4 is 23.2 Å². The highest BCUT2D eigenvalue weighted by atomic mass is 32.1. The van der Waals surface area contributed by atoms with Crippen molar-refractivity contribution in [3.05, 3.63) is 70.6 Å². The topological polar surface area (TPSA) is 122 Å². The number of methoxy groups -OCH3 is 2. The van der Waals surface area contributed by atoms with Gasteiger partial charge >= 0.3 is 0 Å². The van der Waals surface area contributed by atoms with Crippen LogP contribution in [-0.4, -0.2) is 45.4 Å². The van der Waals surface area contributed by atoms with Crippen LogP contribution in [0.4, 0.5) is 5.69 Å². The average Bonchev–Trinajstić information content (AvgIpc) is 3.24. The van der Waals surface area contributed by atoms with E-state index < -0.39 is 17.2 Å². The van der Waals surface area contributed by atoms with Crippen molar-refractivity contribution < 1.29 is 24.8 Å². The van der Waals surface area contributed by atoms with E-state index in [4.69, 9.17) is 9.47 Å². The first-order valence-electron chi connectivity index (χ1n) is 9.67. The van der Waals surface area contributed by atoms with Crippen LogP contribution in [0.3, 0.4) is 0 Å². The summed E-state index contributed by atoms with van der Waals surface area (Å²) in [5, 5.41) is 35.9. The van der Waals surface area contributed by atoms with Gasteiger partial charge < -0.3 is 24.8 Å². The van der Waals surface area contributed by atoms with Gasteiger partial charge in [0.1, 0.15) is 11.5 Å². The fourth-order valence-corrected chi connectivity index (χ4v) is 3.87. The van der Waals surface area contributed by atoms with Crippen LogP contribution in [0.2, 0.25) is 0 Å². The van der Waals surface area contributed by atoms with Crippen LogP contribution >= 0.6 is 11.3 Å². The lowest BCUT2D eigenvalue weighted by Crippen LogP contribution is -2.12. The third kappa shape index (κ3) is 4.51. The Balaban J connectivity index is 1.89. The third-order valence-corrected chi connectivity index (χ3v) is 5.53. The number of pyridine rings is 1. The first-order valence-corrected chi connectivity index (χ1v) is 10.6. The van der Waals surface area contributed by atoms with Gasteiger partial charge in [0.15, 0.2) is 11.5 Å². The number of hydrogen-bond donors (Lipinski definition) is 3. The van der Waals surface area contributed by atoms with Crippen LogP contribution in [-0.2, 0) is 0 Å². The van der Waals surface area contributed by atoms with Crippen LogP contribution in [0, 0.1) is 0 Å². The number of phenols is 3.